The van der Waals surface area contributed by atoms with Crippen LogP contribution >= 0.6 is 0 Å². The molecule has 0 aliphatic heterocycles. The summed E-state index contributed by atoms with van der Waals surface area (Å²) in [5.74, 6) is 0.681. The number of likely N-dealkylation sites (N-methyl/N-ethyl adjacent to an activating group) is 1. The Bertz CT molecular complexity index is 430. The van der Waals surface area contributed by atoms with Crippen LogP contribution < -0.4 is 10.6 Å². The minimum absolute atomic E-state index is 0.0131. The zero-order valence-electron chi connectivity index (χ0n) is 12.2. The first kappa shape index (κ1) is 15.5. The van der Waals surface area contributed by atoms with Gasteiger partial charge in [0.25, 0.3) is 0 Å². The minimum atomic E-state index is -0.232. The van der Waals surface area contributed by atoms with Gasteiger partial charge in [-0.2, -0.15) is 0 Å². The molecule has 0 aliphatic rings. The van der Waals surface area contributed by atoms with Gasteiger partial charge >= 0.3 is 0 Å². The van der Waals surface area contributed by atoms with Gasteiger partial charge in [0, 0.05) is 19.2 Å². The highest BCUT2D eigenvalue weighted by Crippen LogP contribution is 2.18. The van der Waals surface area contributed by atoms with Crippen LogP contribution in [0.4, 0.5) is 0 Å². The Morgan fingerprint density at radius 2 is 2.05 bits per heavy atom. The molecule has 0 saturated carbocycles. The molecular weight excluding hydrogens is 240 g/mol. The first-order valence-electron chi connectivity index (χ1n) is 6.67. The summed E-state index contributed by atoms with van der Waals surface area (Å²) < 4.78 is 0. The Kier molecular flexibility index (Phi) is 5.83. The average Bonchev–Trinajstić information content (AvgIpc) is 2.36. The zero-order chi connectivity index (χ0) is 14.4. The van der Waals surface area contributed by atoms with E-state index in [-0.39, 0.29) is 17.7 Å². The molecule has 0 aliphatic carbocycles. The second kappa shape index (κ2) is 7.14. The molecule has 0 fully saturated rings. The van der Waals surface area contributed by atoms with E-state index in [0.29, 0.717) is 12.5 Å². The molecule has 0 bridgehead atoms. The largest absolute Gasteiger partial charge is 0.508 e. The molecule has 0 aromatic heterocycles. The van der Waals surface area contributed by atoms with Gasteiger partial charge in [0.05, 0.1) is 6.04 Å². The fraction of sp³-hybridized carbons (Fsp3) is 0.533. The van der Waals surface area contributed by atoms with Gasteiger partial charge in [0.15, 0.2) is 0 Å². The Morgan fingerprint density at radius 3 is 2.63 bits per heavy atom. The standard InChI is InChI=1S/C15H24N2O2/c1-10(2)7-13(15(19)16-4)17-9-12-8-11(3)5-6-14(12)18/h5-6,8,10,13,17-18H,7,9H2,1-4H3,(H,16,19). The minimum Gasteiger partial charge on any atom is -0.508 e. The maximum Gasteiger partial charge on any atom is 0.236 e. The van der Waals surface area contributed by atoms with Crippen LogP contribution in [0.15, 0.2) is 18.2 Å². The van der Waals surface area contributed by atoms with Crippen LogP contribution in [-0.4, -0.2) is 24.1 Å². The van der Waals surface area contributed by atoms with Crippen molar-refractivity contribution in [3.63, 3.8) is 0 Å². The molecule has 0 radical (unpaired) electrons. The molecular formula is C15H24N2O2. The van der Waals surface area contributed by atoms with E-state index in [0.717, 1.165) is 17.5 Å². The number of phenols is 1. The molecule has 1 atom stereocenters. The number of aromatic hydroxyl groups is 1. The lowest BCUT2D eigenvalue weighted by Gasteiger charge is -2.19. The van der Waals surface area contributed by atoms with Gasteiger partial charge < -0.3 is 15.7 Å². The lowest BCUT2D eigenvalue weighted by atomic mass is 10.0. The number of hydrogen-bond acceptors (Lipinski definition) is 3. The van der Waals surface area contributed by atoms with Gasteiger partial charge in [-0.3, -0.25) is 4.79 Å². The molecule has 0 spiro atoms. The van der Waals surface area contributed by atoms with Crippen molar-refractivity contribution in [3.05, 3.63) is 29.3 Å². The van der Waals surface area contributed by atoms with Crippen LogP contribution in [-0.2, 0) is 11.3 Å². The van der Waals surface area contributed by atoms with Gasteiger partial charge in [-0.25, -0.2) is 0 Å². The van der Waals surface area contributed by atoms with E-state index in [1.54, 1.807) is 13.1 Å². The molecule has 4 nitrogen and oxygen atoms in total. The molecule has 19 heavy (non-hydrogen) atoms. The summed E-state index contributed by atoms with van der Waals surface area (Å²) in [6.45, 7) is 6.63. The van der Waals surface area contributed by atoms with Crippen LogP contribution in [0.2, 0.25) is 0 Å². The average molecular weight is 264 g/mol. The van der Waals surface area contributed by atoms with E-state index < -0.39 is 0 Å². The second-order valence-electron chi connectivity index (χ2n) is 5.31. The fourth-order valence-electron chi connectivity index (χ4n) is 2.02. The Morgan fingerprint density at radius 1 is 1.37 bits per heavy atom. The smallest absolute Gasteiger partial charge is 0.236 e. The second-order valence-corrected chi connectivity index (χ2v) is 5.31. The summed E-state index contributed by atoms with van der Waals surface area (Å²) in [6.07, 6.45) is 0.770. The van der Waals surface area contributed by atoms with E-state index in [1.165, 1.54) is 0 Å². The van der Waals surface area contributed by atoms with Crippen LogP contribution in [0.5, 0.6) is 5.75 Å². The summed E-state index contributed by atoms with van der Waals surface area (Å²) in [5, 5.41) is 15.7. The van der Waals surface area contributed by atoms with Crippen molar-refractivity contribution in [3.8, 4) is 5.75 Å². The molecule has 0 heterocycles. The lowest BCUT2D eigenvalue weighted by molar-refractivity contribution is -0.123. The molecule has 1 unspecified atom stereocenters. The molecule has 1 aromatic carbocycles. The summed E-state index contributed by atoms with van der Waals surface area (Å²) in [5.41, 5.74) is 1.91. The van der Waals surface area contributed by atoms with Crippen LogP contribution in [0.3, 0.4) is 0 Å². The molecule has 1 amide bonds. The van der Waals surface area contributed by atoms with Crippen LogP contribution in [0.25, 0.3) is 0 Å². The van der Waals surface area contributed by atoms with Gasteiger partial charge in [-0.15, -0.1) is 0 Å². The Balaban J connectivity index is 2.70. The molecule has 4 heteroatoms. The van der Waals surface area contributed by atoms with Gasteiger partial charge in [-0.1, -0.05) is 31.5 Å². The van der Waals surface area contributed by atoms with Crippen molar-refractivity contribution in [2.75, 3.05) is 7.05 Å². The molecule has 106 valence electrons. The van der Waals surface area contributed by atoms with Crippen molar-refractivity contribution in [1.29, 1.82) is 0 Å². The lowest BCUT2D eigenvalue weighted by Crippen LogP contribution is -2.43. The number of phenolic OH excluding ortho intramolecular Hbond substituents is 1. The Labute approximate surface area is 115 Å². The monoisotopic (exact) mass is 264 g/mol. The third-order valence-electron chi connectivity index (χ3n) is 3.04. The van der Waals surface area contributed by atoms with Gasteiger partial charge in [0.1, 0.15) is 5.75 Å². The maximum atomic E-state index is 11.8. The van der Waals surface area contributed by atoms with E-state index in [9.17, 15) is 9.90 Å². The summed E-state index contributed by atoms with van der Waals surface area (Å²) in [7, 11) is 1.64. The van der Waals surface area contributed by atoms with Crippen LogP contribution in [0.1, 0.15) is 31.4 Å². The van der Waals surface area contributed by atoms with Crippen molar-refractivity contribution < 1.29 is 9.90 Å². The number of carbonyl (C=O) groups excluding carboxylic acids is 1. The topological polar surface area (TPSA) is 61.4 Å². The van der Waals surface area contributed by atoms with Crippen molar-refractivity contribution in [2.45, 2.75) is 39.8 Å². The molecule has 1 aromatic rings. The van der Waals surface area contributed by atoms with Crippen molar-refractivity contribution in [1.82, 2.24) is 10.6 Å². The first-order valence-corrected chi connectivity index (χ1v) is 6.67. The van der Waals surface area contributed by atoms with Gasteiger partial charge in [-0.05, 0) is 25.3 Å². The first-order chi connectivity index (χ1) is 8.93. The predicted molar refractivity (Wildman–Crippen MR) is 77.0 cm³/mol. The number of carbonyl (C=O) groups is 1. The maximum absolute atomic E-state index is 11.8. The number of benzene rings is 1. The molecule has 1 rings (SSSR count). The van der Waals surface area contributed by atoms with E-state index in [2.05, 4.69) is 24.5 Å². The highest BCUT2D eigenvalue weighted by Gasteiger charge is 2.18. The summed E-state index contributed by atoms with van der Waals surface area (Å²) in [4.78, 5) is 11.8. The highest BCUT2D eigenvalue weighted by molar-refractivity contribution is 5.81. The van der Waals surface area contributed by atoms with Crippen LogP contribution in [0, 0.1) is 12.8 Å². The van der Waals surface area contributed by atoms with E-state index in [4.69, 9.17) is 0 Å². The van der Waals surface area contributed by atoms with Crippen molar-refractivity contribution in [2.24, 2.45) is 5.92 Å². The SMILES string of the molecule is CNC(=O)C(CC(C)C)NCc1cc(C)ccc1O. The zero-order valence-corrected chi connectivity index (χ0v) is 12.2. The molecule has 3 N–H and O–H groups in total. The Hall–Kier alpha value is -1.55. The normalized spacial score (nSPS) is 12.5. The number of rotatable bonds is 6. The summed E-state index contributed by atoms with van der Waals surface area (Å²) in [6, 6.07) is 5.25. The number of nitrogens with one attached hydrogen (secondary N) is 2. The highest BCUT2D eigenvalue weighted by atomic mass is 16.3. The van der Waals surface area contributed by atoms with Crippen molar-refractivity contribution >= 4 is 5.91 Å². The van der Waals surface area contributed by atoms with Gasteiger partial charge in [0.2, 0.25) is 5.91 Å². The third kappa shape index (κ3) is 4.91. The third-order valence-corrected chi connectivity index (χ3v) is 3.04. The van der Waals surface area contributed by atoms with E-state index >= 15 is 0 Å². The predicted octanol–water partition coefficient (Wildman–Crippen LogP) is 1.95. The number of hydrogen-bond donors (Lipinski definition) is 3. The fourth-order valence-corrected chi connectivity index (χ4v) is 2.02. The van der Waals surface area contributed by atoms with E-state index in [1.807, 2.05) is 19.1 Å². The summed E-state index contributed by atoms with van der Waals surface area (Å²) >= 11 is 0. The molecule has 0 saturated heterocycles. The number of aryl methyl sites for hydroxylation is 1. The quantitative estimate of drug-likeness (QED) is 0.736. The number of amides is 1.